The number of rotatable bonds is 7. The summed E-state index contributed by atoms with van der Waals surface area (Å²) in [5.41, 5.74) is 7.40. The smallest absolute Gasteiger partial charge is 0.237 e. The molecule has 0 fully saturated rings. The molecular formula is C16H22N4O2. The van der Waals surface area contributed by atoms with Crippen LogP contribution in [-0.4, -0.2) is 47.9 Å². The minimum Gasteiger partial charge on any atom is -0.369 e. The fraction of sp³-hybridized carbons (Fsp3) is 0.375. The summed E-state index contributed by atoms with van der Waals surface area (Å²) in [4.78, 5) is 27.8. The highest BCUT2D eigenvalue weighted by molar-refractivity contribution is 5.84. The van der Waals surface area contributed by atoms with E-state index in [0.717, 1.165) is 11.9 Å². The molecule has 0 spiro atoms. The second kappa shape index (κ2) is 7.09. The van der Waals surface area contributed by atoms with E-state index < -0.39 is 11.9 Å². The molecule has 0 saturated carbocycles. The molecule has 6 nitrogen and oxygen atoms in total. The molecule has 0 bridgehead atoms. The van der Waals surface area contributed by atoms with Gasteiger partial charge in [-0.05, 0) is 32.0 Å². The minimum absolute atomic E-state index is 0.0665. The Morgan fingerprint density at radius 2 is 2.09 bits per heavy atom. The Hall–Kier alpha value is -2.34. The van der Waals surface area contributed by atoms with Gasteiger partial charge in [0.2, 0.25) is 11.8 Å². The summed E-state index contributed by atoms with van der Waals surface area (Å²) in [5, 5.41) is 4.07. The maximum Gasteiger partial charge on any atom is 0.237 e. The first-order valence-corrected chi connectivity index (χ1v) is 7.30. The van der Waals surface area contributed by atoms with Crippen molar-refractivity contribution >= 4 is 22.7 Å². The summed E-state index contributed by atoms with van der Waals surface area (Å²) in [6.45, 7) is 2.37. The number of carbonyl (C=O) groups is 2. The van der Waals surface area contributed by atoms with Gasteiger partial charge in [-0.1, -0.05) is 18.2 Å². The number of likely N-dealkylation sites (N-methyl/N-ethyl adjacent to an activating group) is 1. The lowest BCUT2D eigenvalue weighted by atomic mass is 10.1. The first kappa shape index (κ1) is 16.0. The molecule has 1 heterocycles. The number of carbonyl (C=O) groups excluding carboxylic acids is 2. The van der Waals surface area contributed by atoms with E-state index in [1.165, 1.54) is 10.9 Å². The van der Waals surface area contributed by atoms with Crippen LogP contribution in [0, 0.1) is 0 Å². The molecule has 0 aliphatic rings. The Morgan fingerprint density at radius 3 is 2.82 bits per heavy atom. The zero-order chi connectivity index (χ0) is 16.1. The van der Waals surface area contributed by atoms with Crippen molar-refractivity contribution in [3.8, 4) is 0 Å². The number of H-pyrrole nitrogens is 1. The summed E-state index contributed by atoms with van der Waals surface area (Å²) >= 11 is 0. The number of fused-ring (bicyclic) bond motifs is 1. The number of nitrogens with one attached hydrogen (secondary N) is 2. The third kappa shape index (κ3) is 3.85. The second-order valence-electron chi connectivity index (χ2n) is 5.46. The van der Waals surface area contributed by atoms with Gasteiger partial charge in [0.1, 0.15) is 0 Å². The Morgan fingerprint density at radius 1 is 1.36 bits per heavy atom. The normalized spacial score (nSPS) is 12.5. The van der Waals surface area contributed by atoms with Crippen molar-refractivity contribution in [2.45, 2.75) is 19.4 Å². The molecule has 1 aromatic carbocycles. The third-order valence-corrected chi connectivity index (χ3v) is 3.81. The van der Waals surface area contributed by atoms with Crippen LogP contribution in [0.25, 0.3) is 10.9 Å². The maximum absolute atomic E-state index is 12.0. The molecule has 0 unspecified atom stereocenters. The highest BCUT2D eigenvalue weighted by Crippen LogP contribution is 2.17. The largest absolute Gasteiger partial charge is 0.369 e. The summed E-state index contributed by atoms with van der Waals surface area (Å²) in [6.07, 6.45) is 2.72. The van der Waals surface area contributed by atoms with Crippen LogP contribution in [0.2, 0.25) is 0 Å². The van der Waals surface area contributed by atoms with E-state index in [-0.39, 0.29) is 12.5 Å². The Kier molecular flexibility index (Phi) is 5.16. The summed E-state index contributed by atoms with van der Waals surface area (Å²) in [5.74, 6) is -0.551. The molecule has 0 aliphatic carbocycles. The minimum atomic E-state index is -0.444. The lowest BCUT2D eigenvalue weighted by Gasteiger charge is -2.22. The van der Waals surface area contributed by atoms with Crippen molar-refractivity contribution in [2.75, 3.05) is 20.1 Å². The summed E-state index contributed by atoms with van der Waals surface area (Å²) < 4.78 is 0. The molecule has 22 heavy (non-hydrogen) atoms. The van der Waals surface area contributed by atoms with E-state index in [9.17, 15) is 9.59 Å². The highest BCUT2D eigenvalue weighted by atomic mass is 16.2. The predicted molar refractivity (Wildman–Crippen MR) is 86.3 cm³/mol. The monoisotopic (exact) mass is 302 g/mol. The quantitative estimate of drug-likeness (QED) is 0.700. The Labute approximate surface area is 129 Å². The SMILES string of the molecule is C[C@H](C(=O)NCCc1c[nH]c2ccccc12)N(C)CC(N)=O. The number of para-hydroxylation sites is 1. The third-order valence-electron chi connectivity index (χ3n) is 3.81. The first-order chi connectivity index (χ1) is 10.5. The number of amides is 2. The Balaban J connectivity index is 1.85. The van der Waals surface area contributed by atoms with Crippen molar-refractivity contribution in [1.82, 2.24) is 15.2 Å². The van der Waals surface area contributed by atoms with Crippen LogP contribution in [0.4, 0.5) is 0 Å². The van der Waals surface area contributed by atoms with Crippen LogP contribution >= 0.6 is 0 Å². The van der Waals surface area contributed by atoms with Gasteiger partial charge in [-0.2, -0.15) is 0 Å². The van der Waals surface area contributed by atoms with E-state index >= 15 is 0 Å². The lowest BCUT2D eigenvalue weighted by Crippen LogP contribution is -2.46. The van der Waals surface area contributed by atoms with E-state index in [4.69, 9.17) is 5.73 Å². The molecule has 1 atom stereocenters. The fourth-order valence-corrected chi connectivity index (χ4v) is 2.39. The highest BCUT2D eigenvalue weighted by Gasteiger charge is 2.18. The molecule has 0 radical (unpaired) electrons. The summed E-state index contributed by atoms with van der Waals surface area (Å²) in [6, 6.07) is 7.68. The number of nitrogens with two attached hydrogens (primary N) is 1. The molecule has 6 heteroatoms. The van der Waals surface area contributed by atoms with Crippen molar-refractivity contribution < 1.29 is 9.59 Å². The van der Waals surface area contributed by atoms with Gasteiger partial charge < -0.3 is 16.0 Å². The van der Waals surface area contributed by atoms with Crippen LogP contribution in [0.15, 0.2) is 30.5 Å². The molecular weight excluding hydrogens is 280 g/mol. The molecule has 2 aromatic rings. The number of primary amides is 1. The molecule has 1 aromatic heterocycles. The number of aromatic nitrogens is 1. The number of hydrogen-bond donors (Lipinski definition) is 3. The molecule has 2 rings (SSSR count). The van der Waals surface area contributed by atoms with Gasteiger partial charge in [0, 0.05) is 23.6 Å². The van der Waals surface area contributed by atoms with Crippen molar-refractivity contribution in [2.24, 2.45) is 5.73 Å². The van der Waals surface area contributed by atoms with Gasteiger partial charge in [0.05, 0.1) is 12.6 Å². The molecule has 0 aliphatic heterocycles. The number of aromatic amines is 1. The van der Waals surface area contributed by atoms with Crippen LogP contribution < -0.4 is 11.1 Å². The standard InChI is InChI=1S/C16H22N4O2/c1-11(20(2)10-15(17)21)16(22)18-8-7-12-9-19-14-6-4-3-5-13(12)14/h3-6,9,11,19H,7-8,10H2,1-2H3,(H2,17,21)(H,18,22)/t11-/m1/s1. The van der Waals surface area contributed by atoms with E-state index in [0.29, 0.717) is 6.54 Å². The van der Waals surface area contributed by atoms with Gasteiger partial charge in [0.25, 0.3) is 0 Å². The van der Waals surface area contributed by atoms with Crippen LogP contribution in [0.5, 0.6) is 0 Å². The lowest BCUT2D eigenvalue weighted by molar-refractivity contribution is -0.126. The van der Waals surface area contributed by atoms with Gasteiger partial charge in [-0.25, -0.2) is 0 Å². The molecule has 2 amide bonds. The maximum atomic E-state index is 12.0. The average Bonchev–Trinajstić information content (AvgIpc) is 2.89. The van der Waals surface area contributed by atoms with E-state index in [1.54, 1.807) is 18.9 Å². The summed E-state index contributed by atoms with van der Waals surface area (Å²) in [7, 11) is 1.70. The van der Waals surface area contributed by atoms with E-state index in [1.807, 2.05) is 24.4 Å². The number of nitrogens with zero attached hydrogens (tertiary/aromatic N) is 1. The topological polar surface area (TPSA) is 91.2 Å². The van der Waals surface area contributed by atoms with Gasteiger partial charge in [0.15, 0.2) is 0 Å². The Bertz CT molecular complexity index is 665. The van der Waals surface area contributed by atoms with Crippen molar-refractivity contribution in [3.63, 3.8) is 0 Å². The second-order valence-corrected chi connectivity index (χ2v) is 5.46. The number of benzene rings is 1. The van der Waals surface area contributed by atoms with Crippen molar-refractivity contribution in [3.05, 3.63) is 36.0 Å². The van der Waals surface area contributed by atoms with Gasteiger partial charge in [-0.3, -0.25) is 14.5 Å². The van der Waals surface area contributed by atoms with Crippen molar-refractivity contribution in [1.29, 1.82) is 0 Å². The van der Waals surface area contributed by atoms with Crippen LogP contribution in [-0.2, 0) is 16.0 Å². The number of hydrogen-bond acceptors (Lipinski definition) is 3. The van der Waals surface area contributed by atoms with Crippen LogP contribution in [0.1, 0.15) is 12.5 Å². The molecule has 0 saturated heterocycles. The van der Waals surface area contributed by atoms with Gasteiger partial charge in [-0.15, -0.1) is 0 Å². The molecule has 4 N–H and O–H groups in total. The zero-order valence-corrected chi connectivity index (χ0v) is 12.9. The average molecular weight is 302 g/mol. The fourth-order valence-electron chi connectivity index (χ4n) is 2.39. The van der Waals surface area contributed by atoms with E-state index in [2.05, 4.69) is 16.4 Å². The first-order valence-electron chi connectivity index (χ1n) is 7.30. The molecule has 118 valence electrons. The predicted octanol–water partition coefficient (Wildman–Crippen LogP) is 0.632. The van der Waals surface area contributed by atoms with Crippen LogP contribution in [0.3, 0.4) is 0 Å². The van der Waals surface area contributed by atoms with Gasteiger partial charge >= 0.3 is 0 Å². The zero-order valence-electron chi connectivity index (χ0n) is 12.9.